The van der Waals surface area contributed by atoms with Crippen LogP contribution in [0.1, 0.15) is 11.1 Å². The van der Waals surface area contributed by atoms with Gasteiger partial charge in [0.1, 0.15) is 11.3 Å². The highest BCUT2D eigenvalue weighted by atomic mass is 35.5. The molecule has 0 aromatic heterocycles. The zero-order chi connectivity index (χ0) is 20.0. The summed E-state index contributed by atoms with van der Waals surface area (Å²) in [6, 6.07) is 13.8. The lowest BCUT2D eigenvalue weighted by Gasteiger charge is -2.19. The lowest BCUT2D eigenvalue weighted by Crippen LogP contribution is -2.08. The molecule has 0 fully saturated rings. The Kier molecular flexibility index (Phi) is 4.82. The van der Waals surface area contributed by atoms with Gasteiger partial charge < -0.3 is 9.73 Å². The molecule has 28 heavy (non-hydrogen) atoms. The van der Waals surface area contributed by atoms with Crippen molar-refractivity contribution in [2.45, 2.75) is 13.8 Å². The predicted octanol–water partition coefficient (Wildman–Crippen LogP) is 6.70. The van der Waals surface area contributed by atoms with E-state index in [1.807, 2.05) is 44.3 Å². The minimum atomic E-state index is 0.610. The van der Waals surface area contributed by atoms with Crippen LogP contribution in [0.3, 0.4) is 0 Å². The highest BCUT2D eigenvalue weighted by Gasteiger charge is 2.22. The van der Waals surface area contributed by atoms with Crippen LogP contribution >= 0.6 is 23.2 Å². The van der Waals surface area contributed by atoms with Crippen molar-refractivity contribution in [2.24, 2.45) is 4.99 Å². The van der Waals surface area contributed by atoms with Gasteiger partial charge in [-0.05, 0) is 49.2 Å². The van der Waals surface area contributed by atoms with Crippen molar-refractivity contribution in [3.8, 4) is 22.5 Å². The van der Waals surface area contributed by atoms with Crippen LogP contribution in [0, 0.1) is 13.8 Å². The third-order valence-corrected chi connectivity index (χ3v) is 5.74. The molecular weight excluding hydrogens is 391 g/mol. The van der Waals surface area contributed by atoms with Crippen molar-refractivity contribution in [1.29, 1.82) is 0 Å². The Bertz CT molecular complexity index is 1240. The number of benzene rings is 3. The molecular formula is C23H20Cl2N2O. The van der Waals surface area contributed by atoms with E-state index in [1.54, 1.807) is 7.05 Å². The molecule has 0 saturated carbocycles. The number of anilines is 1. The molecule has 2 aromatic rings. The van der Waals surface area contributed by atoms with E-state index in [1.165, 1.54) is 0 Å². The number of fused-ring (bicyclic) bond motifs is 2. The Morgan fingerprint density at radius 3 is 2.29 bits per heavy atom. The lowest BCUT2D eigenvalue weighted by molar-refractivity contribution is 0.618. The van der Waals surface area contributed by atoms with Crippen molar-refractivity contribution in [1.82, 2.24) is 0 Å². The molecule has 2 aliphatic rings. The van der Waals surface area contributed by atoms with Crippen molar-refractivity contribution in [3.05, 3.63) is 69.0 Å². The second-order valence-electron chi connectivity index (χ2n) is 6.85. The summed E-state index contributed by atoms with van der Waals surface area (Å²) in [6.45, 7) is 4.11. The van der Waals surface area contributed by atoms with Gasteiger partial charge in [0, 0.05) is 64.0 Å². The standard InChI is InChI=1S/C23H20Cl2N2O/c1-12-8-14-20(10-18(12)26-3)28-21-11-19(27-4)13(2)9-15(21)22(14)23-16(24)6-5-7-17(23)25/h5-11,26H,1-4H3/b27-19-. The quantitative estimate of drug-likeness (QED) is 0.373. The molecule has 0 bridgehead atoms. The first-order valence-electron chi connectivity index (χ1n) is 9.01. The smallest absolute Gasteiger partial charge is 0.137 e. The van der Waals surface area contributed by atoms with E-state index in [0.29, 0.717) is 10.0 Å². The Labute approximate surface area is 174 Å². The van der Waals surface area contributed by atoms with E-state index in [9.17, 15) is 0 Å². The fourth-order valence-electron chi connectivity index (χ4n) is 3.70. The number of aryl methyl sites for hydroxylation is 2. The maximum absolute atomic E-state index is 6.62. The number of rotatable bonds is 2. The van der Waals surface area contributed by atoms with Crippen LogP contribution in [0.5, 0.6) is 0 Å². The van der Waals surface area contributed by atoms with Crippen LogP contribution < -0.4 is 10.7 Å². The maximum atomic E-state index is 6.62. The number of nitrogens with zero attached hydrogens (tertiary/aromatic N) is 1. The molecule has 0 radical (unpaired) electrons. The molecule has 0 atom stereocenters. The van der Waals surface area contributed by atoms with Crippen LogP contribution in [-0.4, -0.2) is 14.1 Å². The molecule has 3 nitrogen and oxygen atoms in total. The van der Waals surface area contributed by atoms with E-state index >= 15 is 0 Å². The monoisotopic (exact) mass is 410 g/mol. The Balaban J connectivity index is 2.27. The molecule has 1 heterocycles. The summed E-state index contributed by atoms with van der Waals surface area (Å²) in [4.78, 5) is 4.36. The number of halogens is 2. The van der Waals surface area contributed by atoms with Crippen molar-refractivity contribution in [3.63, 3.8) is 0 Å². The molecule has 1 N–H and O–H groups in total. The second-order valence-corrected chi connectivity index (χ2v) is 7.66. The maximum Gasteiger partial charge on any atom is 0.137 e. The molecule has 0 spiro atoms. The van der Waals surface area contributed by atoms with Crippen LogP contribution in [0.2, 0.25) is 10.0 Å². The molecule has 2 aromatic carbocycles. The van der Waals surface area contributed by atoms with Crippen molar-refractivity contribution in [2.75, 3.05) is 19.4 Å². The van der Waals surface area contributed by atoms with Gasteiger partial charge in [-0.25, -0.2) is 0 Å². The number of hydrogen-bond donors (Lipinski definition) is 1. The minimum Gasteiger partial charge on any atom is -0.456 e. The first-order chi connectivity index (χ1) is 13.4. The summed E-state index contributed by atoms with van der Waals surface area (Å²) in [6.07, 6.45) is 0. The largest absolute Gasteiger partial charge is 0.456 e. The Morgan fingerprint density at radius 1 is 0.929 bits per heavy atom. The molecule has 0 unspecified atom stereocenters. The first kappa shape index (κ1) is 18.9. The van der Waals surface area contributed by atoms with E-state index in [0.717, 1.165) is 55.6 Å². The van der Waals surface area contributed by atoms with Gasteiger partial charge in [0.05, 0.1) is 5.36 Å². The minimum absolute atomic E-state index is 0.610. The summed E-state index contributed by atoms with van der Waals surface area (Å²) < 4.78 is 6.30. The lowest BCUT2D eigenvalue weighted by atomic mass is 9.91. The third kappa shape index (κ3) is 2.95. The SMILES string of the molecule is C/N=c1/cc2oc3cc(NC)c(C)cc3c(-c3c(Cl)cccc3Cl)c-2cc1C. The van der Waals surface area contributed by atoms with E-state index in [2.05, 4.69) is 29.4 Å². The molecule has 1 aliphatic carbocycles. The van der Waals surface area contributed by atoms with Crippen LogP contribution in [0.25, 0.3) is 33.4 Å². The van der Waals surface area contributed by atoms with E-state index in [-0.39, 0.29) is 0 Å². The van der Waals surface area contributed by atoms with Gasteiger partial charge in [-0.1, -0.05) is 29.3 Å². The topological polar surface area (TPSA) is 37.5 Å². The van der Waals surface area contributed by atoms with Gasteiger partial charge in [-0.2, -0.15) is 0 Å². The van der Waals surface area contributed by atoms with Crippen molar-refractivity contribution >= 4 is 39.9 Å². The van der Waals surface area contributed by atoms with Crippen LogP contribution in [0.4, 0.5) is 5.69 Å². The summed E-state index contributed by atoms with van der Waals surface area (Å²) >= 11 is 13.2. The van der Waals surface area contributed by atoms with Gasteiger partial charge >= 0.3 is 0 Å². The zero-order valence-corrected chi connectivity index (χ0v) is 17.7. The fraction of sp³-hybridized carbons (Fsp3) is 0.174. The van der Waals surface area contributed by atoms with Gasteiger partial charge in [0.15, 0.2) is 0 Å². The average molecular weight is 411 g/mol. The third-order valence-electron chi connectivity index (χ3n) is 5.11. The second kappa shape index (κ2) is 7.16. The summed E-state index contributed by atoms with van der Waals surface area (Å²) in [5, 5.41) is 6.31. The number of hydrogen-bond acceptors (Lipinski definition) is 3. The molecule has 1 aliphatic heterocycles. The molecule has 0 saturated heterocycles. The van der Waals surface area contributed by atoms with Crippen LogP contribution in [0.15, 0.2) is 51.9 Å². The highest BCUT2D eigenvalue weighted by molar-refractivity contribution is 6.40. The summed E-state index contributed by atoms with van der Waals surface area (Å²) in [5.41, 5.74) is 6.71. The van der Waals surface area contributed by atoms with E-state index < -0.39 is 0 Å². The molecule has 0 amide bonds. The number of nitrogens with one attached hydrogen (secondary N) is 1. The predicted molar refractivity (Wildman–Crippen MR) is 119 cm³/mol. The van der Waals surface area contributed by atoms with Gasteiger partial charge in [-0.15, -0.1) is 0 Å². The summed E-state index contributed by atoms with van der Waals surface area (Å²) in [7, 11) is 3.68. The van der Waals surface area contributed by atoms with Crippen molar-refractivity contribution < 1.29 is 4.42 Å². The normalized spacial score (nSPS) is 12.1. The molecule has 142 valence electrons. The zero-order valence-electron chi connectivity index (χ0n) is 16.2. The van der Waals surface area contributed by atoms with Crippen LogP contribution in [-0.2, 0) is 0 Å². The Morgan fingerprint density at radius 2 is 1.64 bits per heavy atom. The fourth-order valence-corrected chi connectivity index (χ4v) is 4.29. The average Bonchev–Trinajstić information content (AvgIpc) is 2.67. The van der Waals surface area contributed by atoms with Gasteiger partial charge in [-0.3, -0.25) is 4.99 Å². The molecule has 4 rings (SSSR count). The summed E-state index contributed by atoms with van der Waals surface area (Å²) in [5.74, 6) is 0.746. The van der Waals surface area contributed by atoms with E-state index in [4.69, 9.17) is 27.6 Å². The van der Waals surface area contributed by atoms with Gasteiger partial charge in [0.2, 0.25) is 0 Å². The Hall–Kier alpha value is -2.49. The first-order valence-corrected chi connectivity index (χ1v) is 9.77. The van der Waals surface area contributed by atoms with Gasteiger partial charge in [0.25, 0.3) is 0 Å². The highest BCUT2D eigenvalue weighted by Crippen LogP contribution is 2.46. The molecule has 5 heteroatoms.